The molecule has 0 aromatic rings. The predicted octanol–water partition coefficient (Wildman–Crippen LogP) is 4.51. The molecule has 0 N–H and O–H groups in total. The lowest BCUT2D eigenvalue weighted by molar-refractivity contribution is 0.623. The van der Waals surface area contributed by atoms with Crippen molar-refractivity contribution < 1.29 is 0 Å². The van der Waals surface area contributed by atoms with Gasteiger partial charge in [-0.1, -0.05) is 31.9 Å². The van der Waals surface area contributed by atoms with Crippen molar-refractivity contribution in [3.05, 3.63) is 0 Å². The Kier molecular flexibility index (Phi) is 7.97. The molecule has 0 aromatic carbocycles. The van der Waals surface area contributed by atoms with Gasteiger partial charge in [-0.2, -0.15) is 0 Å². The van der Waals surface area contributed by atoms with Crippen LogP contribution in [0.4, 0.5) is 0 Å². The molecule has 4 heteroatoms. The first kappa shape index (κ1) is 12.5. The van der Waals surface area contributed by atoms with Gasteiger partial charge in [0.2, 0.25) is 0 Å². The fourth-order valence-electron chi connectivity index (χ4n) is 0.776. The van der Waals surface area contributed by atoms with Crippen LogP contribution in [0.25, 0.3) is 0 Å². The van der Waals surface area contributed by atoms with E-state index in [1.165, 1.54) is 0 Å². The SMILES string of the molecule is ClC(Cl)(CCCBr)CCCBr. The highest BCUT2D eigenvalue weighted by Crippen LogP contribution is 2.32. The van der Waals surface area contributed by atoms with Crippen LogP contribution in [0, 0.1) is 0 Å². The van der Waals surface area contributed by atoms with E-state index in [-0.39, 0.29) is 0 Å². The van der Waals surface area contributed by atoms with E-state index in [2.05, 4.69) is 31.9 Å². The van der Waals surface area contributed by atoms with Crippen molar-refractivity contribution in [1.29, 1.82) is 0 Å². The van der Waals surface area contributed by atoms with Crippen molar-refractivity contribution in [3.63, 3.8) is 0 Å². The zero-order valence-electron chi connectivity index (χ0n) is 6.25. The van der Waals surface area contributed by atoms with Crippen molar-refractivity contribution in [2.75, 3.05) is 10.7 Å². The summed E-state index contributed by atoms with van der Waals surface area (Å²) in [5, 5.41) is 1.95. The second-order valence-electron chi connectivity index (χ2n) is 2.44. The molecule has 0 rings (SSSR count). The van der Waals surface area contributed by atoms with E-state index in [0.29, 0.717) is 0 Å². The van der Waals surface area contributed by atoms with Gasteiger partial charge in [0.25, 0.3) is 0 Å². The zero-order chi connectivity index (χ0) is 8.74. The van der Waals surface area contributed by atoms with E-state index < -0.39 is 4.33 Å². The summed E-state index contributed by atoms with van der Waals surface area (Å²) in [5.74, 6) is 0. The minimum atomic E-state index is -0.512. The summed E-state index contributed by atoms with van der Waals surface area (Å²) in [6, 6.07) is 0. The van der Waals surface area contributed by atoms with E-state index >= 15 is 0 Å². The van der Waals surface area contributed by atoms with Crippen LogP contribution in [0.1, 0.15) is 25.7 Å². The molecule has 0 fully saturated rings. The molecule has 0 aliphatic rings. The second-order valence-corrected chi connectivity index (χ2v) is 5.67. The van der Waals surface area contributed by atoms with Crippen molar-refractivity contribution in [3.8, 4) is 0 Å². The van der Waals surface area contributed by atoms with Crippen molar-refractivity contribution in [2.24, 2.45) is 0 Å². The molecular weight excluding hydrogens is 315 g/mol. The van der Waals surface area contributed by atoms with Crippen LogP contribution in [0.2, 0.25) is 0 Å². The van der Waals surface area contributed by atoms with Crippen LogP contribution in [0.3, 0.4) is 0 Å². The molecule has 0 aliphatic carbocycles. The molecule has 0 saturated heterocycles. The third-order valence-electron chi connectivity index (χ3n) is 1.35. The standard InChI is InChI=1S/C7H12Br2Cl2/c8-5-1-3-7(10,11)4-2-6-9/h1-6H2. The average molecular weight is 327 g/mol. The van der Waals surface area contributed by atoms with Gasteiger partial charge in [-0.05, 0) is 25.7 Å². The third kappa shape index (κ3) is 7.89. The fraction of sp³-hybridized carbons (Fsp3) is 1.00. The first-order valence-corrected chi connectivity index (χ1v) is 6.62. The normalized spacial score (nSPS) is 12.0. The van der Waals surface area contributed by atoms with Crippen LogP contribution < -0.4 is 0 Å². The van der Waals surface area contributed by atoms with Crippen LogP contribution in [0.15, 0.2) is 0 Å². The first-order chi connectivity index (χ1) is 5.12. The molecule has 0 nitrogen and oxygen atoms in total. The number of alkyl halides is 4. The lowest BCUT2D eigenvalue weighted by atomic mass is 10.1. The number of rotatable bonds is 6. The maximum absolute atomic E-state index is 6.02. The molecule has 0 heterocycles. The van der Waals surface area contributed by atoms with Crippen molar-refractivity contribution in [1.82, 2.24) is 0 Å². The molecule has 0 atom stereocenters. The van der Waals surface area contributed by atoms with E-state index in [1.54, 1.807) is 0 Å². The highest BCUT2D eigenvalue weighted by Gasteiger charge is 2.21. The lowest BCUT2D eigenvalue weighted by Gasteiger charge is -2.17. The summed E-state index contributed by atoms with van der Waals surface area (Å²) in [4.78, 5) is 0. The van der Waals surface area contributed by atoms with E-state index in [4.69, 9.17) is 23.2 Å². The Labute approximate surface area is 95.3 Å². The summed E-state index contributed by atoms with van der Waals surface area (Å²) in [5.41, 5.74) is 0. The molecule has 0 bridgehead atoms. The molecule has 0 unspecified atom stereocenters. The highest BCUT2D eigenvalue weighted by atomic mass is 79.9. The van der Waals surface area contributed by atoms with Gasteiger partial charge < -0.3 is 0 Å². The molecule has 0 spiro atoms. The molecule has 0 amide bonds. The van der Waals surface area contributed by atoms with Crippen molar-refractivity contribution >= 4 is 55.1 Å². The molecule has 0 saturated carbocycles. The summed E-state index contributed by atoms with van der Waals surface area (Å²) in [6.45, 7) is 0. The van der Waals surface area contributed by atoms with Crippen LogP contribution >= 0.6 is 55.1 Å². The largest absolute Gasteiger partial charge is 0.118 e. The summed E-state index contributed by atoms with van der Waals surface area (Å²) in [6.07, 6.45) is 3.81. The van der Waals surface area contributed by atoms with E-state index in [1.807, 2.05) is 0 Å². The molecule has 0 radical (unpaired) electrons. The highest BCUT2D eigenvalue weighted by molar-refractivity contribution is 9.09. The minimum absolute atomic E-state index is 0.512. The van der Waals surface area contributed by atoms with Gasteiger partial charge in [0.05, 0.1) is 0 Å². The topological polar surface area (TPSA) is 0 Å². The smallest absolute Gasteiger partial charge is 0.102 e. The van der Waals surface area contributed by atoms with Crippen LogP contribution in [-0.2, 0) is 0 Å². The second kappa shape index (κ2) is 6.99. The third-order valence-corrected chi connectivity index (χ3v) is 3.23. The minimum Gasteiger partial charge on any atom is -0.102 e. The van der Waals surface area contributed by atoms with Gasteiger partial charge in [0.1, 0.15) is 4.33 Å². The van der Waals surface area contributed by atoms with Gasteiger partial charge in [-0.3, -0.25) is 0 Å². The molecule has 0 aliphatic heterocycles. The predicted molar refractivity (Wildman–Crippen MR) is 60.5 cm³/mol. The van der Waals surface area contributed by atoms with Gasteiger partial charge >= 0.3 is 0 Å². The Morgan fingerprint density at radius 1 is 0.909 bits per heavy atom. The van der Waals surface area contributed by atoms with E-state index in [9.17, 15) is 0 Å². The monoisotopic (exact) mass is 324 g/mol. The maximum atomic E-state index is 6.02. The summed E-state index contributed by atoms with van der Waals surface area (Å²) < 4.78 is -0.512. The number of hydrogen-bond acceptors (Lipinski definition) is 0. The lowest BCUT2D eigenvalue weighted by Crippen LogP contribution is -2.12. The number of halogens is 4. The summed E-state index contributed by atoms with van der Waals surface area (Å²) >= 11 is 18.7. The molecule has 68 valence electrons. The maximum Gasteiger partial charge on any atom is 0.118 e. The van der Waals surface area contributed by atoms with Crippen LogP contribution in [0.5, 0.6) is 0 Å². The summed E-state index contributed by atoms with van der Waals surface area (Å²) in [7, 11) is 0. The van der Waals surface area contributed by atoms with Crippen LogP contribution in [-0.4, -0.2) is 15.0 Å². The van der Waals surface area contributed by atoms with Gasteiger partial charge in [0.15, 0.2) is 0 Å². The Balaban J connectivity index is 3.43. The molecule has 0 aromatic heterocycles. The zero-order valence-corrected chi connectivity index (χ0v) is 10.9. The Hall–Kier alpha value is 1.54. The van der Waals surface area contributed by atoms with Gasteiger partial charge in [-0.25, -0.2) is 0 Å². The van der Waals surface area contributed by atoms with Gasteiger partial charge in [0, 0.05) is 10.7 Å². The average Bonchev–Trinajstić information content (AvgIpc) is 1.97. The quantitative estimate of drug-likeness (QED) is 0.630. The Morgan fingerprint density at radius 2 is 1.27 bits per heavy atom. The Morgan fingerprint density at radius 3 is 1.55 bits per heavy atom. The van der Waals surface area contributed by atoms with Gasteiger partial charge in [-0.15, -0.1) is 23.2 Å². The number of hydrogen-bond donors (Lipinski definition) is 0. The first-order valence-electron chi connectivity index (χ1n) is 3.62. The fourth-order valence-corrected chi connectivity index (χ4v) is 1.87. The van der Waals surface area contributed by atoms with E-state index in [0.717, 1.165) is 36.3 Å². The Bertz CT molecular complexity index is 86.4. The molecule has 11 heavy (non-hydrogen) atoms. The molecular formula is C7H12Br2Cl2. The van der Waals surface area contributed by atoms with Crippen molar-refractivity contribution in [2.45, 2.75) is 30.0 Å².